The minimum atomic E-state index is -0.609. The van der Waals surface area contributed by atoms with Gasteiger partial charge < -0.3 is 9.47 Å². The van der Waals surface area contributed by atoms with E-state index in [0.29, 0.717) is 24.3 Å². The molecule has 0 spiro atoms. The lowest BCUT2D eigenvalue weighted by Crippen LogP contribution is -2.39. The van der Waals surface area contributed by atoms with Crippen LogP contribution in [0, 0.1) is 11.8 Å². The topological polar surface area (TPSA) is 51.0 Å². The van der Waals surface area contributed by atoms with E-state index in [9.17, 15) is 13.6 Å². The third-order valence-electron chi connectivity index (χ3n) is 4.83. The zero-order valence-electron chi connectivity index (χ0n) is 14.6. The maximum Gasteiger partial charge on any atom is 0.255 e. The first kappa shape index (κ1) is 17.3. The zero-order valence-corrected chi connectivity index (χ0v) is 14.6. The maximum absolute atomic E-state index is 14.0. The number of aromatic nitrogens is 3. The van der Waals surface area contributed by atoms with Gasteiger partial charge in [-0.15, -0.1) is 0 Å². The van der Waals surface area contributed by atoms with E-state index in [-0.39, 0.29) is 17.6 Å². The van der Waals surface area contributed by atoms with Crippen molar-refractivity contribution < 1.29 is 13.6 Å². The summed E-state index contributed by atoms with van der Waals surface area (Å²) in [6.07, 6.45) is 6.42. The number of pyridine rings is 1. The number of nitrogens with zero attached hydrogens (tertiary/aromatic N) is 4. The molecule has 0 aliphatic carbocycles. The molecule has 1 fully saturated rings. The first-order chi connectivity index (χ1) is 13.1. The Balaban J connectivity index is 1.51. The van der Waals surface area contributed by atoms with Gasteiger partial charge in [-0.2, -0.15) is 4.39 Å². The number of likely N-dealkylation sites (tertiary alicyclic amines) is 1. The second-order valence-electron chi connectivity index (χ2n) is 6.62. The molecule has 0 saturated carbocycles. The maximum atomic E-state index is 14.0. The number of hydrogen-bond acceptors (Lipinski definition) is 3. The number of halogens is 2. The van der Waals surface area contributed by atoms with Crippen LogP contribution in [-0.2, 0) is 0 Å². The zero-order chi connectivity index (χ0) is 18.8. The molecular formula is C20H18F2N4O. The Morgan fingerprint density at radius 2 is 1.96 bits per heavy atom. The Bertz CT molecular complexity index is 955. The fourth-order valence-corrected chi connectivity index (χ4v) is 3.43. The second kappa shape index (κ2) is 7.26. The largest absolute Gasteiger partial charge is 0.338 e. The van der Waals surface area contributed by atoms with E-state index in [0.717, 1.165) is 18.5 Å². The Labute approximate surface area is 155 Å². The minimum absolute atomic E-state index is 0.0733. The van der Waals surface area contributed by atoms with E-state index in [1.165, 1.54) is 24.4 Å². The average Bonchev–Trinajstić information content (AvgIpc) is 3.18. The van der Waals surface area contributed by atoms with E-state index >= 15 is 0 Å². The Morgan fingerprint density at radius 3 is 2.74 bits per heavy atom. The van der Waals surface area contributed by atoms with Crippen LogP contribution < -0.4 is 0 Å². The van der Waals surface area contributed by atoms with E-state index in [2.05, 4.69) is 9.97 Å². The standard InChI is InChI=1S/C20H18F2N4O/c21-16-5-1-2-6-18(16)26-12-17(24-13-26)15-4-3-9-25(11-15)20(27)14-7-8-19(22)23-10-14/h1-2,5-8,10,12-13,15H,3-4,9,11H2/t15-/m0/s1. The van der Waals surface area contributed by atoms with Crippen molar-refractivity contribution in [3.05, 3.63) is 78.1 Å². The Hall–Kier alpha value is -3.09. The molecule has 2 aromatic heterocycles. The van der Waals surface area contributed by atoms with Crippen LogP contribution in [0.2, 0.25) is 0 Å². The summed E-state index contributed by atoms with van der Waals surface area (Å²) in [4.78, 5) is 22.4. The lowest BCUT2D eigenvalue weighted by molar-refractivity contribution is 0.0705. The van der Waals surface area contributed by atoms with Crippen LogP contribution in [0.1, 0.15) is 34.8 Å². The number of benzene rings is 1. The molecule has 1 saturated heterocycles. The summed E-state index contributed by atoms with van der Waals surface area (Å²) < 4.78 is 28.6. The smallest absolute Gasteiger partial charge is 0.255 e. The number of amides is 1. The average molecular weight is 368 g/mol. The molecule has 1 amide bonds. The summed E-state index contributed by atoms with van der Waals surface area (Å²) >= 11 is 0. The van der Waals surface area contributed by atoms with Gasteiger partial charge >= 0.3 is 0 Å². The molecular weight excluding hydrogens is 350 g/mol. The third-order valence-corrected chi connectivity index (χ3v) is 4.83. The summed E-state index contributed by atoms with van der Waals surface area (Å²) in [7, 11) is 0. The fraction of sp³-hybridized carbons (Fsp3) is 0.250. The molecule has 3 heterocycles. The van der Waals surface area contributed by atoms with Gasteiger partial charge in [-0.05, 0) is 37.1 Å². The van der Waals surface area contributed by atoms with E-state index in [4.69, 9.17) is 0 Å². The lowest BCUT2D eigenvalue weighted by atomic mass is 9.95. The summed E-state index contributed by atoms with van der Waals surface area (Å²) in [5.41, 5.74) is 1.64. The van der Waals surface area contributed by atoms with Crippen LogP contribution in [0.15, 0.2) is 55.1 Å². The van der Waals surface area contributed by atoms with Crippen LogP contribution >= 0.6 is 0 Å². The number of rotatable bonds is 3. The highest BCUT2D eigenvalue weighted by molar-refractivity contribution is 5.94. The number of hydrogen-bond donors (Lipinski definition) is 0. The molecule has 138 valence electrons. The molecule has 1 atom stereocenters. The van der Waals surface area contributed by atoms with Crippen molar-refractivity contribution in [2.45, 2.75) is 18.8 Å². The van der Waals surface area contributed by atoms with Crippen molar-refractivity contribution in [1.29, 1.82) is 0 Å². The Morgan fingerprint density at radius 1 is 1.11 bits per heavy atom. The molecule has 27 heavy (non-hydrogen) atoms. The van der Waals surface area contributed by atoms with Crippen molar-refractivity contribution in [3.8, 4) is 5.69 Å². The van der Waals surface area contributed by atoms with Gasteiger partial charge in [0.2, 0.25) is 5.95 Å². The van der Waals surface area contributed by atoms with E-state index in [1.54, 1.807) is 34.0 Å². The van der Waals surface area contributed by atoms with Gasteiger partial charge in [0.25, 0.3) is 5.91 Å². The van der Waals surface area contributed by atoms with Crippen molar-refractivity contribution >= 4 is 5.91 Å². The minimum Gasteiger partial charge on any atom is -0.338 e. The molecule has 1 aliphatic heterocycles. The first-order valence-electron chi connectivity index (χ1n) is 8.81. The van der Waals surface area contributed by atoms with Crippen LogP contribution in [0.5, 0.6) is 0 Å². The highest BCUT2D eigenvalue weighted by Gasteiger charge is 2.27. The lowest BCUT2D eigenvalue weighted by Gasteiger charge is -2.32. The summed E-state index contributed by atoms with van der Waals surface area (Å²) in [5.74, 6) is -1.02. The molecule has 0 bridgehead atoms. The third kappa shape index (κ3) is 3.58. The normalized spacial score (nSPS) is 17.1. The molecule has 5 nitrogen and oxygen atoms in total. The predicted octanol–water partition coefficient (Wildman–Crippen LogP) is 3.57. The first-order valence-corrected chi connectivity index (χ1v) is 8.81. The number of carbonyl (C=O) groups is 1. The fourth-order valence-electron chi connectivity index (χ4n) is 3.43. The van der Waals surface area contributed by atoms with Crippen LogP contribution in [0.4, 0.5) is 8.78 Å². The van der Waals surface area contributed by atoms with Gasteiger partial charge in [-0.25, -0.2) is 14.4 Å². The molecule has 1 aliphatic rings. The van der Waals surface area contributed by atoms with E-state index in [1.807, 2.05) is 6.20 Å². The Kier molecular flexibility index (Phi) is 4.66. The number of imidazole rings is 1. The number of piperidine rings is 1. The van der Waals surface area contributed by atoms with Gasteiger partial charge in [-0.3, -0.25) is 4.79 Å². The van der Waals surface area contributed by atoms with E-state index < -0.39 is 5.95 Å². The van der Waals surface area contributed by atoms with Crippen LogP contribution in [0.3, 0.4) is 0 Å². The van der Waals surface area contributed by atoms with Crippen LogP contribution in [0.25, 0.3) is 5.69 Å². The molecule has 0 N–H and O–H groups in total. The van der Waals surface area contributed by atoms with Crippen LogP contribution in [-0.4, -0.2) is 38.4 Å². The molecule has 1 aromatic carbocycles. The van der Waals surface area contributed by atoms with Crippen molar-refractivity contribution in [1.82, 2.24) is 19.4 Å². The van der Waals surface area contributed by atoms with Gasteiger partial charge in [0.1, 0.15) is 5.82 Å². The second-order valence-corrected chi connectivity index (χ2v) is 6.62. The summed E-state index contributed by atoms with van der Waals surface area (Å²) in [6.45, 7) is 1.16. The summed E-state index contributed by atoms with van der Waals surface area (Å²) in [5, 5.41) is 0. The van der Waals surface area contributed by atoms with Gasteiger partial charge in [-0.1, -0.05) is 12.1 Å². The highest BCUT2D eigenvalue weighted by atomic mass is 19.1. The predicted molar refractivity (Wildman–Crippen MR) is 95.6 cm³/mol. The van der Waals surface area contributed by atoms with Crippen molar-refractivity contribution in [3.63, 3.8) is 0 Å². The van der Waals surface area contributed by atoms with Crippen molar-refractivity contribution in [2.24, 2.45) is 0 Å². The monoisotopic (exact) mass is 368 g/mol. The summed E-state index contributed by atoms with van der Waals surface area (Å²) in [6, 6.07) is 9.15. The van der Waals surface area contributed by atoms with Gasteiger partial charge in [0.05, 0.1) is 23.3 Å². The molecule has 7 heteroatoms. The van der Waals surface area contributed by atoms with Gasteiger partial charge in [0.15, 0.2) is 0 Å². The highest BCUT2D eigenvalue weighted by Crippen LogP contribution is 2.27. The quantitative estimate of drug-likeness (QED) is 0.664. The molecule has 0 unspecified atom stereocenters. The molecule has 4 rings (SSSR count). The number of carbonyl (C=O) groups excluding carboxylic acids is 1. The van der Waals surface area contributed by atoms with Gasteiger partial charge in [0, 0.05) is 31.4 Å². The number of para-hydroxylation sites is 1. The SMILES string of the molecule is O=C(c1ccc(F)nc1)N1CCC[C@H](c2cn(-c3ccccc3F)cn2)C1. The molecule has 0 radical (unpaired) electrons. The molecule has 3 aromatic rings. The van der Waals surface area contributed by atoms with Crippen molar-refractivity contribution in [2.75, 3.05) is 13.1 Å².